The summed E-state index contributed by atoms with van der Waals surface area (Å²) in [6.07, 6.45) is 2.18. The highest BCUT2D eigenvalue weighted by Gasteiger charge is 2.37. The van der Waals surface area contributed by atoms with Crippen LogP contribution in [0, 0.1) is 0 Å². The molecule has 0 N–H and O–H groups in total. The molecule has 3 nitrogen and oxygen atoms in total. The number of fused-ring (bicyclic) bond motifs is 4. The first kappa shape index (κ1) is 15.4. The van der Waals surface area contributed by atoms with Crippen molar-refractivity contribution in [1.29, 1.82) is 0 Å². The van der Waals surface area contributed by atoms with Crippen molar-refractivity contribution in [3.05, 3.63) is 70.3 Å². The van der Waals surface area contributed by atoms with Crippen LogP contribution in [0.15, 0.2) is 42.5 Å². The van der Waals surface area contributed by atoms with Gasteiger partial charge in [-0.3, -0.25) is 9.59 Å². The van der Waals surface area contributed by atoms with Crippen molar-refractivity contribution in [3.8, 4) is 0 Å². The maximum Gasteiger partial charge on any atom is 0.255 e. The van der Waals surface area contributed by atoms with E-state index >= 15 is 0 Å². The third-order valence-electron chi connectivity index (χ3n) is 5.06. The molecule has 4 rings (SSSR count). The van der Waals surface area contributed by atoms with Gasteiger partial charge in [-0.1, -0.05) is 30.3 Å². The lowest BCUT2D eigenvalue weighted by atomic mass is 9.96. The van der Waals surface area contributed by atoms with Gasteiger partial charge >= 0.3 is 0 Å². The molecule has 0 fully saturated rings. The monoisotopic (exact) mass is 339 g/mol. The molecule has 24 heavy (non-hydrogen) atoms. The summed E-state index contributed by atoms with van der Waals surface area (Å²) in [6.45, 7) is 0.565. The van der Waals surface area contributed by atoms with E-state index in [1.54, 1.807) is 0 Å². The highest BCUT2D eigenvalue weighted by molar-refractivity contribution is 6.19. The normalized spacial score (nSPS) is 18.6. The lowest BCUT2D eigenvalue weighted by Gasteiger charge is -2.22. The predicted octanol–water partition coefficient (Wildman–Crippen LogP) is 4.14. The van der Waals surface area contributed by atoms with Gasteiger partial charge in [0.25, 0.3) is 5.91 Å². The molecule has 2 aliphatic heterocycles. The second-order valence-electron chi connectivity index (χ2n) is 6.42. The standard InChI is InChI=1S/C20H18ClNO2/c21-10-9-19(23)14-6-5-13-7-8-18-16-3-1-2-4-17(16)20(24)22(18)12-15(13)11-14/h1-6,11,18H,7-10,12H2. The summed E-state index contributed by atoms with van der Waals surface area (Å²) in [5.74, 6) is 0.489. The Morgan fingerprint density at radius 3 is 2.83 bits per heavy atom. The minimum Gasteiger partial charge on any atom is -0.327 e. The van der Waals surface area contributed by atoms with Gasteiger partial charge in [-0.2, -0.15) is 0 Å². The van der Waals surface area contributed by atoms with Crippen LogP contribution >= 0.6 is 11.6 Å². The molecular formula is C20H18ClNO2. The molecule has 2 aliphatic rings. The molecule has 0 bridgehead atoms. The van der Waals surface area contributed by atoms with Crippen molar-refractivity contribution in [2.45, 2.75) is 31.8 Å². The minimum absolute atomic E-state index is 0.0598. The molecule has 2 heterocycles. The van der Waals surface area contributed by atoms with Gasteiger partial charge < -0.3 is 4.90 Å². The second kappa shape index (κ2) is 6.06. The molecule has 2 aromatic carbocycles. The summed E-state index contributed by atoms with van der Waals surface area (Å²) in [4.78, 5) is 26.8. The van der Waals surface area contributed by atoms with Gasteiger partial charge in [-0.25, -0.2) is 0 Å². The van der Waals surface area contributed by atoms with E-state index in [-0.39, 0.29) is 17.7 Å². The molecule has 1 atom stereocenters. The number of carbonyl (C=O) groups is 2. The molecule has 0 saturated heterocycles. The molecule has 0 saturated carbocycles. The molecule has 122 valence electrons. The molecule has 0 spiro atoms. The summed E-state index contributed by atoms with van der Waals surface area (Å²) in [7, 11) is 0. The SMILES string of the molecule is O=C(CCCl)c1ccc2c(c1)CN1C(=O)c3ccccc3C1CC2. The van der Waals surface area contributed by atoms with Crippen molar-refractivity contribution >= 4 is 23.3 Å². The molecule has 4 heteroatoms. The van der Waals surface area contributed by atoms with Crippen molar-refractivity contribution in [2.24, 2.45) is 0 Å². The van der Waals surface area contributed by atoms with Crippen LogP contribution in [0.2, 0.25) is 0 Å². The van der Waals surface area contributed by atoms with E-state index in [0.717, 1.165) is 29.5 Å². The third-order valence-corrected chi connectivity index (χ3v) is 5.25. The number of Topliss-reactive ketones (excluding diaryl/α,β-unsaturated/α-hetero) is 1. The van der Waals surface area contributed by atoms with Gasteiger partial charge in [0.15, 0.2) is 5.78 Å². The van der Waals surface area contributed by atoms with E-state index < -0.39 is 0 Å². The smallest absolute Gasteiger partial charge is 0.255 e. The van der Waals surface area contributed by atoms with Gasteiger partial charge in [-0.05, 0) is 41.7 Å². The van der Waals surface area contributed by atoms with Crippen LogP contribution < -0.4 is 0 Å². The van der Waals surface area contributed by atoms with Crippen LogP contribution in [0.5, 0.6) is 0 Å². The Labute approximate surface area is 146 Å². The van der Waals surface area contributed by atoms with E-state index in [9.17, 15) is 9.59 Å². The number of aryl methyl sites for hydroxylation is 1. The lowest BCUT2D eigenvalue weighted by Crippen LogP contribution is -2.26. The van der Waals surface area contributed by atoms with Crippen LogP contribution in [0.25, 0.3) is 0 Å². The van der Waals surface area contributed by atoms with E-state index in [1.165, 1.54) is 5.56 Å². The highest BCUT2D eigenvalue weighted by Crippen LogP contribution is 2.40. The van der Waals surface area contributed by atoms with Crippen molar-refractivity contribution in [3.63, 3.8) is 0 Å². The Hall–Kier alpha value is -2.13. The highest BCUT2D eigenvalue weighted by atomic mass is 35.5. The number of ketones is 1. The molecule has 0 aliphatic carbocycles. The molecular weight excluding hydrogens is 322 g/mol. The number of nitrogens with zero attached hydrogens (tertiary/aromatic N) is 1. The first-order valence-corrected chi connectivity index (χ1v) is 8.83. The summed E-state index contributed by atoms with van der Waals surface area (Å²) in [5, 5.41) is 0. The molecule has 0 radical (unpaired) electrons. The number of amides is 1. The van der Waals surface area contributed by atoms with E-state index in [0.29, 0.717) is 24.4 Å². The topological polar surface area (TPSA) is 37.4 Å². The Morgan fingerprint density at radius 1 is 1.17 bits per heavy atom. The van der Waals surface area contributed by atoms with Crippen LogP contribution in [-0.4, -0.2) is 22.5 Å². The van der Waals surface area contributed by atoms with Gasteiger partial charge in [0.1, 0.15) is 0 Å². The molecule has 1 amide bonds. The van der Waals surface area contributed by atoms with Crippen molar-refractivity contribution in [2.75, 3.05) is 5.88 Å². The van der Waals surface area contributed by atoms with Gasteiger partial charge in [0, 0.05) is 30.0 Å². The average molecular weight is 340 g/mol. The minimum atomic E-state index is 0.0598. The first-order chi connectivity index (χ1) is 11.7. The summed E-state index contributed by atoms with van der Waals surface area (Å²) in [6, 6.07) is 13.9. The fourth-order valence-corrected chi connectivity index (χ4v) is 4.01. The zero-order valence-corrected chi connectivity index (χ0v) is 14.1. The quantitative estimate of drug-likeness (QED) is 0.622. The summed E-state index contributed by atoms with van der Waals surface area (Å²) >= 11 is 5.69. The molecule has 1 unspecified atom stereocenters. The van der Waals surface area contributed by atoms with Gasteiger partial charge in [-0.15, -0.1) is 11.6 Å². The summed E-state index contributed by atoms with van der Waals surface area (Å²) in [5.41, 5.74) is 4.96. The average Bonchev–Trinajstić information content (AvgIpc) is 2.76. The zero-order valence-electron chi connectivity index (χ0n) is 13.3. The fraction of sp³-hybridized carbons (Fsp3) is 0.300. The molecule has 0 aromatic heterocycles. The van der Waals surface area contributed by atoms with Crippen LogP contribution in [0.4, 0.5) is 0 Å². The second-order valence-corrected chi connectivity index (χ2v) is 6.80. The largest absolute Gasteiger partial charge is 0.327 e. The number of rotatable bonds is 3. The number of halogens is 1. The predicted molar refractivity (Wildman–Crippen MR) is 93.5 cm³/mol. The number of alkyl halides is 1. The number of hydrogen-bond acceptors (Lipinski definition) is 2. The Kier molecular flexibility index (Phi) is 3.89. The van der Waals surface area contributed by atoms with Crippen LogP contribution in [-0.2, 0) is 13.0 Å². The fourth-order valence-electron chi connectivity index (χ4n) is 3.84. The van der Waals surface area contributed by atoms with Crippen molar-refractivity contribution < 1.29 is 9.59 Å². The Balaban J connectivity index is 1.69. The van der Waals surface area contributed by atoms with E-state index in [4.69, 9.17) is 11.6 Å². The number of carbonyl (C=O) groups excluding carboxylic acids is 2. The maximum atomic E-state index is 12.8. The lowest BCUT2D eigenvalue weighted by molar-refractivity contribution is 0.0709. The van der Waals surface area contributed by atoms with Crippen LogP contribution in [0.3, 0.4) is 0 Å². The molecule has 2 aromatic rings. The Morgan fingerprint density at radius 2 is 2.00 bits per heavy atom. The number of hydrogen-bond donors (Lipinski definition) is 0. The first-order valence-electron chi connectivity index (χ1n) is 8.30. The van der Waals surface area contributed by atoms with Gasteiger partial charge in [0.2, 0.25) is 0 Å². The van der Waals surface area contributed by atoms with E-state index in [2.05, 4.69) is 6.07 Å². The van der Waals surface area contributed by atoms with Crippen molar-refractivity contribution in [1.82, 2.24) is 4.90 Å². The van der Waals surface area contributed by atoms with Crippen LogP contribution in [0.1, 0.15) is 56.3 Å². The van der Waals surface area contributed by atoms with Gasteiger partial charge in [0.05, 0.1) is 6.04 Å². The zero-order chi connectivity index (χ0) is 16.7. The van der Waals surface area contributed by atoms with E-state index in [1.807, 2.05) is 41.3 Å². The third kappa shape index (κ3) is 2.44. The number of benzene rings is 2. The maximum absolute atomic E-state index is 12.8. The summed E-state index contributed by atoms with van der Waals surface area (Å²) < 4.78 is 0. The Bertz CT molecular complexity index is 830.